The van der Waals surface area contributed by atoms with Gasteiger partial charge in [0.15, 0.2) is 4.34 Å². The molecular weight excluding hydrogens is 362 g/mol. The summed E-state index contributed by atoms with van der Waals surface area (Å²) in [4.78, 5) is 22.5. The number of para-hydroxylation sites is 1. The summed E-state index contributed by atoms with van der Waals surface area (Å²) in [6.45, 7) is 0. The van der Waals surface area contributed by atoms with Crippen molar-refractivity contribution in [3.8, 4) is 0 Å². The molecule has 6 nitrogen and oxygen atoms in total. The van der Waals surface area contributed by atoms with Gasteiger partial charge in [-0.15, -0.1) is 11.3 Å². The van der Waals surface area contributed by atoms with Crippen molar-refractivity contribution in [2.24, 2.45) is 0 Å². The predicted octanol–water partition coefficient (Wildman–Crippen LogP) is 5.31. The van der Waals surface area contributed by atoms with Crippen LogP contribution in [-0.4, -0.2) is 10.8 Å². The Balaban J connectivity index is 1.68. The second-order valence-electron chi connectivity index (χ2n) is 5.05. The highest BCUT2D eigenvalue weighted by molar-refractivity contribution is 7.18. The first-order chi connectivity index (χ1) is 12.0. The molecule has 0 radical (unpaired) electrons. The van der Waals surface area contributed by atoms with E-state index in [-0.39, 0.29) is 14.9 Å². The lowest BCUT2D eigenvalue weighted by Crippen LogP contribution is -2.10. The van der Waals surface area contributed by atoms with Gasteiger partial charge in [-0.3, -0.25) is 14.9 Å². The summed E-state index contributed by atoms with van der Waals surface area (Å²) in [5.41, 5.74) is 2.15. The van der Waals surface area contributed by atoms with Crippen LogP contribution in [0.5, 0.6) is 0 Å². The molecule has 2 N–H and O–H groups in total. The molecule has 0 unspecified atom stereocenters. The van der Waals surface area contributed by atoms with Gasteiger partial charge in [-0.2, -0.15) is 0 Å². The Morgan fingerprint density at radius 3 is 2.20 bits per heavy atom. The van der Waals surface area contributed by atoms with E-state index in [1.807, 2.05) is 42.5 Å². The molecule has 0 aliphatic carbocycles. The topological polar surface area (TPSA) is 84.3 Å². The number of rotatable bonds is 5. The summed E-state index contributed by atoms with van der Waals surface area (Å²) >= 11 is 6.65. The number of nitrogens with one attached hydrogen (secondary N) is 2. The van der Waals surface area contributed by atoms with Crippen LogP contribution in [-0.2, 0) is 0 Å². The fourth-order valence-corrected chi connectivity index (χ4v) is 3.23. The van der Waals surface area contributed by atoms with Crippen molar-refractivity contribution in [1.29, 1.82) is 0 Å². The van der Waals surface area contributed by atoms with Gasteiger partial charge in [-0.25, -0.2) is 0 Å². The number of hydrogen-bond donors (Lipinski definition) is 2. The van der Waals surface area contributed by atoms with Crippen LogP contribution in [0.15, 0.2) is 60.7 Å². The Morgan fingerprint density at radius 1 is 1.00 bits per heavy atom. The molecule has 2 aromatic carbocycles. The quantitative estimate of drug-likeness (QED) is 0.469. The van der Waals surface area contributed by atoms with Crippen LogP contribution in [0.4, 0.5) is 22.7 Å². The van der Waals surface area contributed by atoms with Crippen LogP contribution in [0.1, 0.15) is 9.67 Å². The van der Waals surface area contributed by atoms with Crippen LogP contribution < -0.4 is 10.6 Å². The van der Waals surface area contributed by atoms with Crippen molar-refractivity contribution < 1.29 is 9.72 Å². The van der Waals surface area contributed by atoms with Crippen LogP contribution >= 0.6 is 22.9 Å². The van der Waals surface area contributed by atoms with E-state index in [2.05, 4.69) is 10.6 Å². The van der Waals surface area contributed by atoms with Crippen LogP contribution in [0, 0.1) is 10.1 Å². The van der Waals surface area contributed by atoms with Gasteiger partial charge >= 0.3 is 0 Å². The molecule has 3 aromatic rings. The van der Waals surface area contributed by atoms with Gasteiger partial charge in [0.2, 0.25) is 0 Å². The Hall–Kier alpha value is -2.90. The van der Waals surface area contributed by atoms with Crippen molar-refractivity contribution in [3.63, 3.8) is 0 Å². The molecule has 0 spiro atoms. The molecule has 25 heavy (non-hydrogen) atoms. The molecule has 1 amide bonds. The highest BCUT2D eigenvalue weighted by atomic mass is 35.5. The van der Waals surface area contributed by atoms with Crippen molar-refractivity contribution in [3.05, 3.63) is 80.0 Å². The second kappa shape index (κ2) is 7.33. The lowest BCUT2D eigenvalue weighted by Gasteiger charge is -2.08. The molecule has 8 heteroatoms. The highest BCUT2D eigenvalue weighted by Crippen LogP contribution is 2.34. The molecular formula is C17H12ClN3O3S. The summed E-state index contributed by atoms with van der Waals surface area (Å²) in [5, 5.41) is 16.7. The number of benzene rings is 2. The van der Waals surface area contributed by atoms with Gasteiger partial charge in [-0.05, 0) is 36.4 Å². The Bertz CT molecular complexity index is 911. The minimum absolute atomic E-state index is 0.0161. The number of nitrogens with zero attached hydrogens (tertiary/aromatic N) is 1. The summed E-state index contributed by atoms with van der Waals surface area (Å²) in [6, 6.07) is 18.0. The van der Waals surface area contributed by atoms with E-state index in [0.717, 1.165) is 22.7 Å². The maximum Gasteiger partial charge on any atom is 0.299 e. The van der Waals surface area contributed by atoms with Crippen molar-refractivity contribution in [1.82, 2.24) is 0 Å². The number of amides is 1. The number of anilines is 3. The number of carbonyl (C=O) groups excluding carboxylic acids is 1. The maximum absolute atomic E-state index is 12.2. The van der Waals surface area contributed by atoms with Crippen molar-refractivity contribution in [2.45, 2.75) is 0 Å². The Labute approximate surface area is 152 Å². The fraction of sp³-hybridized carbons (Fsp3) is 0. The monoisotopic (exact) mass is 373 g/mol. The molecule has 0 bridgehead atoms. The zero-order valence-electron chi connectivity index (χ0n) is 12.7. The smallest absolute Gasteiger partial charge is 0.299 e. The molecule has 0 aliphatic rings. The van der Waals surface area contributed by atoms with Gasteiger partial charge < -0.3 is 10.6 Å². The average molecular weight is 374 g/mol. The molecule has 3 rings (SSSR count). The van der Waals surface area contributed by atoms with Crippen molar-refractivity contribution in [2.75, 3.05) is 10.6 Å². The zero-order chi connectivity index (χ0) is 17.8. The lowest BCUT2D eigenvalue weighted by molar-refractivity contribution is -0.384. The number of carbonyl (C=O) groups is 1. The summed E-state index contributed by atoms with van der Waals surface area (Å²) in [5.74, 6) is -0.441. The molecule has 0 saturated carbocycles. The molecule has 1 heterocycles. The molecule has 0 fully saturated rings. The average Bonchev–Trinajstić information content (AvgIpc) is 3.00. The highest BCUT2D eigenvalue weighted by Gasteiger charge is 2.21. The van der Waals surface area contributed by atoms with E-state index in [1.54, 1.807) is 12.1 Å². The number of nitro groups is 1. The number of halogens is 1. The van der Waals surface area contributed by atoms with E-state index in [0.29, 0.717) is 5.69 Å². The minimum atomic E-state index is -0.611. The zero-order valence-corrected chi connectivity index (χ0v) is 14.3. The van der Waals surface area contributed by atoms with E-state index >= 15 is 0 Å². The maximum atomic E-state index is 12.2. The van der Waals surface area contributed by atoms with Crippen LogP contribution in [0.3, 0.4) is 0 Å². The predicted molar refractivity (Wildman–Crippen MR) is 100 cm³/mol. The molecule has 1 aromatic heterocycles. The first kappa shape index (κ1) is 16.9. The van der Waals surface area contributed by atoms with Crippen LogP contribution in [0.2, 0.25) is 4.34 Å². The van der Waals surface area contributed by atoms with E-state index in [9.17, 15) is 14.9 Å². The molecule has 126 valence electrons. The summed E-state index contributed by atoms with van der Waals surface area (Å²) in [6.07, 6.45) is 0. The molecule has 0 saturated heterocycles. The molecule has 0 atom stereocenters. The Kier molecular flexibility index (Phi) is 4.97. The van der Waals surface area contributed by atoms with Crippen molar-refractivity contribution >= 4 is 51.6 Å². The largest absolute Gasteiger partial charge is 0.356 e. The third-order valence-electron chi connectivity index (χ3n) is 3.29. The van der Waals surface area contributed by atoms with Gasteiger partial charge in [0.25, 0.3) is 11.6 Å². The third-order valence-corrected chi connectivity index (χ3v) is 4.63. The Morgan fingerprint density at radius 2 is 1.60 bits per heavy atom. The number of thiophene rings is 1. The standard InChI is InChI=1S/C17H12ClN3O3S/c18-16-14(21(23)24)10-15(25-16)17(22)20-13-8-6-12(7-9-13)19-11-4-2-1-3-5-11/h1-10,19H,(H,20,22). The normalized spacial score (nSPS) is 10.3. The minimum Gasteiger partial charge on any atom is -0.356 e. The summed E-state index contributed by atoms with van der Waals surface area (Å²) in [7, 11) is 0. The van der Waals surface area contributed by atoms with E-state index < -0.39 is 10.8 Å². The van der Waals surface area contributed by atoms with Gasteiger partial charge in [0, 0.05) is 23.1 Å². The SMILES string of the molecule is O=C(Nc1ccc(Nc2ccccc2)cc1)c1cc([N+](=O)[O-])c(Cl)s1. The van der Waals surface area contributed by atoms with E-state index in [1.165, 1.54) is 6.07 Å². The van der Waals surface area contributed by atoms with Crippen LogP contribution in [0.25, 0.3) is 0 Å². The first-order valence-corrected chi connectivity index (χ1v) is 8.39. The third kappa shape index (κ3) is 4.14. The first-order valence-electron chi connectivity index (χ1n) is 7.20. The fourth-order valence-electron chi connectivity index (χ4n) is 2.11. The second-order valence-corrected chi connectivity index (χ2v) is 6.70. The van der Waals surface area contributed by atoms with E-state index in [4.69, 9.17) is 11.6 Å². The number of hydrogen-bond acceptors (Lipinski definition) is 5. The van der Waals surface area contributed by atoms with Gasteiger partial charge in [-0.1, -0.05) is 29.8 Å². The lowest BCUT2D eigenvalue weighted by atomic mass is 10.2. The summed E-state index contributed by atoms with van der Waals surface area (Å²) < 4.78 is -0.0161. The van der Waals surface area contributed by atoms with Gasteiger partial charge in [0.1, 0.15) is 4.88 Å². The molecule has 0 aliphatic heterocycles. The van der Waals surface area contributed by atoms with Gasteiger partial charge in [0.05, 0.1) is 4.92 Å².